The number of benzene rings is 1. The number of hydrogen-bond donors (Lipinski definition) is 2. The van der Waals surface area contributed by atoms with Crippen LogP contribution in [-0.4, -0.2) is 25.2 Å². The van der Waals surface area contributed by atoms with Gasteiger partial charge in [0.2, 0.25) is 0 Å². The molecule has 1 saturated carbocycles. The molecule has 0 bridgehead atoms. The Morgan fingerprint density at radius 2 is 2.20 bits per heavy atom. The van der Waals surface area contributed by atoms with Crippen LogP contribution < -0.4 is 11.1 Å². The van der Waals surface area contributed by atoms with Gasteiger partial charge in [0.1, 0.15) is 4.88 Å². The summed E-state index contributed by atoms with van der Waals surface area (Å²) < 4.78 is 6.55. The van der Waals surface area contributed by atoms with Crippen molar-refractivity contribution in [1.82, 2.24) is 5.32 Å². The molecular formula is C15H18N2O2S. The molecular weight excluding hydrogens is 272 g/mol. The van der Waals surface area contributed by atoms with Gasteiger partial charge < -0.3 is 15.8 Å². The average Bonchev–Trinajstić information content (AvgIpc) is 2.76. The molecule has 0 aliphatic heterocycles. The van der Waals surface area contributed by atoms with Crippen molar-refractivity contribution in [2.75, 3.05) is 19.4 Å². The van der Waals surface area contributed by atoms with E-state index in [4.69, 9.17) is 10.5 Å². The lowest BCUT2D eigenvalue weighted by Gasteiger charge is -2.40. The number of methoxy groups -OCH3 is 1. The van der Waals surface area contributed by atoms with Crippen molar-refractivity contribution >= 4 is 33.0 Å². The van der Waals surface area contributed by atoms with Gasteiger partial charge in [0.25, 0.3) is 5.91 Å². The fourth-order valence-electron chi connectivity index (χ4n) is 2.58. The van der Waals surface area contributed by atoms with Crippen molar-refractivity contribution in [2.45, 2.75) is 24.9 Å². The lowest BCUT2D eigenvalue weighted by Crippen LogP contribution is -2.49. The molecule has 1 aromatic carbocycles. The summed E-state index contributed by atoms with van der Waals surface area (Å²) >= 11 is 1.44. The van der Waals surface area contributed by atoms with E-state index in [0.29, 0.717) is 17.1 Å². The highest BCUT2D eigenvalue weighted by Crippen LogP contribution is 2.35. The molecule has 1 aromatic heterocycles. The van der Waals surface area contributed by atoms with Crippen LogP contribution in [0.25, 0.3) is 10.1 Å². The van der Waals surface area contributed by atoms with Gasteiger partial charge >= 0.3 is 0 Å². The maximum atomic E-state index is 12.3. The summed E-state index contributed by atoms with van der Waals surface area (Å²) in [6.07, 6.45) is 3.17. The molecule has 1 aliphatic carbocycles. The standard InChI is InChI=1S/C15H18N2O2S/c1-19-15(7-4-8-15)9-17-14(18)13-12(16)10-5-2-3-6-11(10)20-13/h2-3,5-6H,4,7-9,16H2,1H3,(H,17,18). The largest absolute Gasteiger partial charge is 0.397 e. The lowest BCUT2D eigenvalue weighted by molar-refractivity contribution is -0.0679. The van der Waals surface area contributed by atoms with Gasteiger partial charge in [-0.3, -0.25) is 4.79 Å². The first kappa shape index (κ1) is 13.4. The topological polar surface area (TPSA) is 64.3 Å². The molecule has 1 amide bonds. The minimum Gasteiger partial charge on any atom is -0.397 e. The minimum atomic E-state index is -0.166. The number of rotatable bonds is 4. The van der Waals surface area contributed by atoms with Crippen LogP contribution in [0.1, 0.15) is 28.9 Å². The molecule has 5 heteroatoms. The number of carbonyl (C=O) groups excluding carboxylic acids is 1. The summed E-state index contributed by atoms with van der Waals surface area (Å²) in [6.45, 7) is 0.552. The second kappa shape index (κ2) is 5.07. The van der Waals surface area contributed by atoms with Crippen LogP contribution in [-0.2, 0) is 4.74 Å². The van der Waals surface area contributed by atoms with Crippen molar-refractivity contribution in [2.24, 2.45) is 0 Å². The van der Waals surface area contributed by atoms with E-state index in [2.05, 4.69) is 5.32 Å². The van der Waals surface area contributed by atoms with Crippen molar-refractivity contribution in [3.05, 3.63) is 29.1 Å². The first-order valence-corrected chi connectivity index (χ1v) is 7.57. The third kappa shape index (κ3) is 2.17. The average molecular weight is 290 g/mol. The second-order valence-electron chi connectivity index (χ2n) is 5.26. The summed E-state index contributed by atoms with van der Waals surface area (Å²) in [5, 5.41) is 3.91. The van der Waals surface area contributed by atoms with Crippen molar-refractivity contribution in [3.63, 3.8) is 0 Å². The molecule has 0 radical (unpaired) electrons. The number of nitrogen functional groups attached to an aromatic ring is 1. The highest BCUT2D eigenvalue weighted by molar-refractivity contribution is 7.21. The fraction of sp³-hybridized carbons (Fsp3) is 0.400. The number of carbonyl (C=O) groups is 1. The van der Waals surface area contributed by atoms with E-state index in [1.807, 2.05) is 24.3 Å². The molecule has 3 N–H and O–H groups in total. The Morgan fingerprint density at radius 1 is 1.45 bits per heavy atom. The molecule has 20 heavy (non-hydrogen) atoms. The molecule has 2 aromatic rings. The Balaban J connectivity index is 1.77. The number of anilines is 1. The van der Waals surface area contributed by atoms with Crippen molar-refractivity contribution in [1.29, 1.82) is 0 Å². The number of ether oxygens (including phenoxy) is 1. The van der Waals surface area contributed by atoms with Crippen LogP contribution in [0.5, 0.6) is 0 Å². The summed E-state index contributed by atoms with van der Waals surface area (Å²) in [5.41, 5.74) is 6.48. The molecule has 106 valence electrons. The summed E-state index contributed by atoms with van der Waals surface area (Å²) in [4.78, 5) is 12.9. The van der Waals surface area contributed by atoms with Gasteiger partial charge in [0, 0.05) is 23.7 Å². The molecule has 3 rings (SSSR count). The number of nitrogens with two attached hydrogens (primary N) is 1. The highest BCUT2D eigenvalue weighted by Gasteiger charge is 2.37. The van der Waals surface area contributed by atoms with Gasteiger partial charge in [0.05, 0.1) is 11.3 Å². The van der Waals surface area contributed by atoms with Gasteiger partial charge in [-0.25, -0.2) is 0 Å². The number of thiophene rings is 1. The summed E-state index contributed by atoms with van der Waals surface area (Å²) in [5.74, 6) is -0.105. The lowest BCUT2D eigenvalue weighted by atomic mass is 9.80. The van der Waals surface area contributed by atoms with E-state index in [0.717, 1.165) is 29.3 Å². The normalized spacial score (nSPS) is 16.9. The predicted molar refractivity (Wildman–Crippen MR) is 82.2 cm³/mol. The SMILES string of the molecule is COC1(CNC(=O)c2sc3ccccc3c2N)CCC1. The molecule has 1 fully saturated rings. The number of nitrogens with one attached hydrogen (secondary N) is 1. The molecule has 0 unspecified atom stereocenters. The Hall–Kier alpha value is -1.59. The Kier molecular flexibility index (Phi) is 3.40. The summed E-state index contributed by atoms with van der Waals surface area (Å²) in [6, 6.07) is 7.81. The van der Waals surface area contributed by atoms with E-state index in [9.17, 15) is 4.79 Å². The van der Waals surface area contributed by atoms with Gasteiger partial charge in [0.15, 0.2) is 0 Å². The van der Waals surface area contributed by atoms with Gasteiger partial charge in [-0.05, 0) is 25.3 Å². The van der Waals surface area contributed by atoms with E-state index in [-0.39, 0.29) is 11.5 Å². The van der Waals surface area contributed by atoms with Crippen LogP contribution in [0.4, 0.5) is 5.69 Å². The van der Waals surface area contributed by atoms with Crippen LogP contribution in [0, 0.1) is 0 Å². The molecule has 0 atom stereocenters. The van der Waals surface area contributed by atoms with Crippen molar-refractivity contribution < 1.29 is 9.53 Å². The van der Waals surface area contributed by atoms with Crippen LogP contribution >= 0.6 is 11.3 Å². The summed E-state index contributed by atoms with van der Waals surface area (Å²) in [7, 11) is 1.71. The number of hydrogen-bond acceptors (Lipinski definition) is 4. The fourth-order valence-corrected chi connectivity index (χ4v) is 3.62. The zero-order chi connectivity index (χ0) is 14.2. The third-order valence-electron chi connectivity index (χ3n) is 4.11. The quantitative estimate of drug-likeness (QED) is 0.910. The molecule has 4 nitrogen and oxygen atoms in total. The van der Waals surface area contributed by atoms with Crippen LogP contribution in [0.2, 0.25) is 0 Å². The first-order valence-electron chi connectivity index (χ1n) is 6.75. The Bertz CT molecular complexity index is 641. The van der Waals surface area contributed by atoms with Crippen molar-refractivity contribution in [3.8, 4) is 0 Å². The first-order chi connectivity index (χ1) is 9.65. The Morgan fingerprint density at radius 3 is 2.80 bits per heavy atom. The molecule has 1 aliphatic rings. The van der Waals surface area contributed by atoms with Gasteiger partial charge in [-0.1, -0.05) is 18.2 Å². The zero-order valence-corrected chi connectivity index (χ0v) is 12.3. The Labute approximate surface area is 121 Å². The number of amides is 1. The molecule has 0 spiro atoms. The van der Waals surface area contributed by atoms with Crippen LogP contribution in [0.3, 0.4) is 0 Å². The molecule has 0 saturated heterocycles. The maximum absolute atomic E-state index is 12.3. The van der Waals surface area contributed by atoms with Crippen LogP contribution in [0.15, 0.2) is 24.3 Å². The third-order valence-corrected chi connectivity index (χ3v) is 5.29. The smallest absolute Gasteiger partial charge is 0.263 e. The zero-order valence-electron chi connectivity index (χ0n) is 11.4. The van der Waals surface area contributed by atoms with Gasteiger partial charge in [-0.2, -0.15) is 0 Å². The monoisotopic (exact) mass is 290 g/mol. The number of fused-ring (bicyclic) bond motifs is 1. The van der Waals surface area contributed by atoms with E-state index in [1.54, 1.807) is 7.11 Å². The maximum Gasteiger partial charge on any atom is 0.263 e. The highest BCUT2D eigenvalue weighted by atomic mass is 32.1. The minimum absolute atomic E-state index is 0.105. The van der Waals surface area contributed by atoms with E-state index in [1.165, 1.54) is 11.3 Å². The predicted octanol–water partition coefficient (Wildman–Crippen LogP) is 2.78. The van der Waals surface area contributed by atoms with E-state index < -0.39 is 0 Å². The van der Waals surface area contributed by atoms with Gasteiger partial charge in [-0.15, -0.1) is 11.3 Å². The second-order valence-corrected chi connectivity index (χ2v) is 6.32. The molecule has 1 heterocycles. The van der Waals surface area contributed by atoms with E-state index >= 15 is 0 Å².